The fourth-order valence-electron chi connectivity index (χ4n) is 4.28. The van der Waals surface area contributed by atoms with Crippen molar-refractivity contribution in [2.24, 2.45) is 0 Å². The molecule has 0 saturated carbocycles. The van der Waals surface area contributed by atoms with Crippen LogP contribution in [0.2, 0.25) is 0 Å². The predicted octanol–water partition coefficient (Wildman–Crippen LogP) is 4.21. The summed E-state index contributed by atoms with van der Waals surface area (Å²) in [5.41, 5.74) is 2.71. The van der Waals surface area contributed by atoms with E-state index in [4.69, 9.17) is 0 Å². The number of aliphatic hydroxyl groups excluding tert-OH is 1. The maximum atomic E-state index is 13.4. The minimum absolute atomic E-state index is 0.161. The highest BCUT2D eigenvalue weighted by atomic mass is 19.1. The minimum Gasteiger partial charge on any atom is -0.393 e. The lowest BCUT2D eigenvalue weighted by atomic mass is 9.87. The topological polar surface area (TPSA) is 70.7 Å². The second-order valence-electron chi connectivity index (χ2n) is 10.0. The number of amides is 1. The number of benzene rings is 1. The molecule has 0 spiro atoms. The monoisotopic (exact) mass is 424 g/mol. The number of nitrogens with zero attached hydrogens (tertiary/aromatic N) is 4. The summed E-state index contributed by atoms with van der Waals surface area (Å²) in [4.78, 5) is 19.8. The van der Waals surface area contributed by atoms with Crippen molar-refractivity contribution in [3.05, 3.63) is 53.6 Å². The Morgan fingerprint density at radius 2 is 1.90 bits per heavy atom. The van der Waals surface area contributed by atoms with Gasteiger partial charge in [-0.3, -0.25) is 4.79 Å². The summed E-state index contributed by atoms with van der Waals surface area (Å²) in [5, 5.41) is 14.7. The number of carbonyl (C=O) groups excluding carboxylic acids is 1. The zero-order valence-corrected chi connectivity index (χ0v) is 18.7. The number of likely N-dealkylation sites (tertiary alicyclic amines) is 1. The van der Waals surface area contributed by atoms with Crippen molar-refractivity contribution in [3.8, 4) is 11.3 Å². The molecule has 164 valence electrons. The Bertz CT molecular complexity index is 1130. The van der Waals surface area contributed by atoms with Crippen LogP contribution in [0.3, 0.4) is 0 Å². The van der Waals surface area contributed by atoms with Crippen LogP contribution in [0.15, 0.2) is 36.5 Å². The van der Waals surface area contributed by atoms with E-state index in [0.29, 0.717) is 36.4 Å². The molecule has 1 amide bonds. The smallest absolute Gasteiger partial charge is 0.274 e. The zero-order valence-electron chi connectivity index (χ0n) is 18.7. The molecular formula is C24H29FN4O2. The Kier molecular flexibility index (Phi) is 5.12. The van der Waals surface area contributed by atoms with Crippen LogP contribution >= 0.6 is 0 Å². The summed E-state index contributed by atoms with van der Waals surface area (Å²) in [6.07, 6.45) is 2.36. The van der Waals surface area contributed by atoms with Crippen molar-refractivity contribution in [1.82, 2.24) is 19.5 Å². The minimum atomic E-state index is -0.454. The predicted molar refractivity (Wildman–Crippen MR) is 117 cm³/mol. The van der Waals surface area contributed by atoms with Crippen LogP contribution in [-0.2, 0) is 5.41 Å². The summed E-state index contributed by atoms with van der Waals surface area (Å²) in [6, 6.07) is 8.17. The summed E-state index contributed by atoms with van der Waals surface area (Å²) in [6.45, 7) is 10.7. The van der Waals surface area contributed by atoms with E-state index in [0.717, 1.165) is 11.1 Å². The second-order valence-corrected chi connectivity index (χ2v) is 10.0. The zero-order chi connectivity index (χ0) is 22.6. The summed E-state index contributed by atoms with van der Waals surface area (Å²) in [5.74, 6) is -0.462. The van der Waals surface area contributed by atoms with Crippen LogP contribution in [0, 0.1) is 5.82 Å². The normalized spacial score (nSPS) is 19.1. The summed E-state index contributed by atoms with van der Waals surface area (Å²) >= 11 is 0. The van der Waals surface area contributed by atoms with Gasteiger partial charge in [0.25, 0.3) is 5.91 Å². The largest absolute Gasteiger partial charge is 0.393 e. The van der Waals surface area contributed by atoms with Crippen LogP contribution in [-0.4, -0.2) is 48.7 Å². The molecule has 1 unspecified atom stereocenters. The Labute approximate surface area is 181 Å². The van der Waals surface area contributed by atoms with Gasteiger partial charge in [0.1, 0.15) is 11.5 Å². The first-order valence-electron chi connectivity index (χ1n) is 10.6. The number of rotatable bonds is 2. The van der Waals surface area contributed by atoms with Crippen LogP contribution in [0.5, 0.6) is 0 Å². The molecule has 1 saturated heterocycles. The van der Waals surface area contributed by atoms with E-state index in [1.54, 1.807) is 27.7 Å². The standard InChI is InChI=1S/C24H29FN4O2/c1-23(2,3)18-12-19(15-6-8-16(25)9-7-15)27-29-14-20(26-21(18)29)22(31)28-11-10-17(30)13-24(28,4)5/h6-9,12,14,17,30H,10-11,13H2,1-5H3. The molecule has 1 atom stereocenters. The SMILES string of the molecule is CC(C)(C)c1cc(-c2ccc(F)cc2)nn2cc(C(=O)N3CCC(O)CC3(C)C)nc12. The van der Waals surface area contributed by atoms with Gasteiger partial charge in [0.15, 0.2) is 5.65 Å². The molecule has 0 bridgehead atoms. The highest BCUT2D eigenvalue weighted by Crippen LogP contribution is 2.32. The third-order valence-corrected chi connectivity index (χ3v) is 5.99. The van der Waals surface area contributed by atoms with Crippen LogP contribution < -0.4 is 0 Å². The van der Waals surface area contributed by atoms with E-state index in [-0.39, 0.29) is 17.1 Å². The Balaban J connectivity index is 1.81. The van der Waals surface area contributed by atoms with E-state index in [2.05, 4.69) is 30.9 Å². The van der Waals surface area contributed by atoms with E-state index in [1.807, 2.05) is 19.9 Å². The maximum Gasteiger partial charge on any atom is 0.274 e. The lowest BCUT2D eigenvalue weighted by molar-refractivity contribution is 0.00296. The highest BCUT2D eigenvalue weighted by Gasteiger charge is 2.38. The number of halogens is 1. The second kappa shape index (κ2) is 7.41. The molecule has 0 aliphatic carbocycles. The number of fused-ring (bicyclic) bond motifs is 1. The summed E-state index contributed by atoms with van der Waals surface area (Å²) in [7, 11) is 0. The van der Waals surface area contributed by atoms with Gasteiger partial charge in [-0.1, -0.05) is 20.8 Å². The molecule has 2 aromatic heterocycles. The molecule has 6 nitrogen and oxygen atoms in total. The molecule has 0 radical (unpaired) electrons. The van der Waals surface area contributed by atoms with E-state index < -0.39 is 11.6 Å². The molecule has 1 N–H and O–H groups in total. The number of hydrogen-bond acceptors (Lipinski definition) is 4. The third kappa shape index (κ3) is 4.06. The van der Waals surface area contributed by atoms with E-state index >= 15 is 0 Å². The molecule has 3 aromatic rings. The summed E-state index contributed by atoms with van der Waals surface area (Å²) < 4.78 is 15.0. The van der Waals surface area contributed by atoms with Gasteiger partial charge in [0.2, 0.25) is 0 Å². The number of aliphatic hydroxyl groups is 1. The number of hydrogen-bond donors (Lipinski definition) is 1. The van der Waals surface area contributed by atoms with Crippen LogP contribution in [0.1, 0.15) is 63.5 Å². The number of carbonyl (C=O) groups is 1. The molecule has 31 heavy (non-hydrogen) atoms. The molecule has 1 aliphatic rings. The van der Waals surface area contributed by atoms with Crippen LogP contribution in [0.25, 0.3) is 16.9 Å². The molecule has 1 fully saturated rings. The van der Waals surface area contributed by atoms with E-state index in [9.17, 15) is 14.3 Å². The van der Waals surface area contributed by atoms with Crippen LogP contribution in [0.4, 0.5) is 4.39 Å². The molecule has 3 heterocycles. The van der Waals surface area contributed by atoms with E-state index in [1.165, 1.54) is 12.1 Å². The van der Waals surface area contributed by atoms with Gasteiger partial charge < -0.3 is 10.0 Å². The molecular weight excluding hydrogens is 395 g/mol. The highest BCUT2D eigenvalue weighted by molar-refractivity contribution is 5.93. The van der Waals surface area contributed by atoms with Gasteiger partial charge in [-0.15, -0.1) is 0 Å². The van der Waals surface area contributed by atoms with Gasteiger partial charge in [-0.2, -0.15) is 5.10 Å². The molecule has 7 heteroatoms. The first-order valence-corrected chi connectivity index (χ1v) is 10.6. The first-order chi connectivity index (χ1) is 14.5. The fraction of sp³-hybridized carbons (Fsp3) is 0.458. The van der Waals surface area contributed by atoms with Gasteiger partial charge in [-0.05, 0) is 62.4 Å². The average Bonchev–Trinajstić information content (AvgIpc) is 3.10. The number of imidazole rings is 1. The molecule has 4 rings (SSSR count). The van der Waals surface area contributed by atoms with Crippen molar-refractivity contribution in [2.45, 2.75) is 64.5 Å². The number of aromatic nitrogens is 3. The fourth-order valence-corrected chi connectivity index (χ4v) is 4.28. The van der Waals surface area contributed by atoms with Crippen molar-refractivity contribution >= 4 is 11.6 Å². The van der Waals surface area contributed by atoms with Crippen molar-refractivity contribution in [2.75, 3.05) is 6.54 Å². The molecule has 1 aliphatic heterocycles. The lowest BCUT2D eigenvalue weighted by Gasteiger charge is -2.44. The maximum absolute atomic E-state index is 13.4. The average molecular weight is 425 g/mol. The Hall–Kier alpha value is -2.80. The van der Waals surface area contributed by atoms with Gasteiger partial charge >= 0.3 is 0 Å². The first kappa shape index (κ1) is 21.4. The van der Waals surface area contributed by atoms with Gasteiger partial charge in [0, 0.05) is 23.2 Å². The quantitative estimate of drug-likeness (QED) is 0.669. The molecule has 1 aromatic carbocycles. The van der Waals surface area contributed by atoms with Crippen molar-refractivity contribution < 1.29 is 14.3 Å². The van der Waals surface area contributed by atoms with Crippen molar-refractivity contribution in [1.29, 1.82) is 0 Å². The number of piperidine rings is 1. The van der Waals surface area contributed by atoms with Crippen molar-refractivity contribution in [3.63, 3.8) is 0 Å². The lowest BCUT2D eigenvalue weighted by Crippen LogP contribution is -2.54. The Morgan fingerprint density at radius 3 is 2.52 bits per heavy atom. The Morgan fingerprint density at radius 1 is 1.23 bits per heavy atom. The van der Waals surface area contributed by atoms with Gasteiger partial charge in [0.05, 0.1) is 18.0 Å². The van der Waals surface area contributed by atoms with Gasteiger partial charge in [-0.25, -0.2) is 13.9 Å². The third-order valence-electron chi connectivity index (χ3n) is 5.99.